The Labute approximate surface area is 250 Å². The molecule has 0 unspecified atom stereocenters. The van der Waals surface area contributed by atoms with Crippen LogP contribution in [-0.2, 0) is 15.1 Å². The molecule has 0 bridgehead atoms. The normalized spacial score (nSPS) is 23.8. The molecule has 2 aromatic carbocycles. The van der Waals surface area contributed by atoms with Gasteiger partial charge < -0.3 is 30.6 Å². The van der Waals surface area contributed by atoms with Crippen LogP contribution in [0.4, 0.5) is 17.1 Å². The fourth-order valence-corrected chi connectivity index (χ4v) is 9.11. The zero-order valence-corrected chi connectivity index (χ0v) is 26.6. The molecule has 0 aromatic heterocycles. The van der Waals surface area contributed by atoms with Crippen molar-refractivity contribution in [1.29, 1.82) is 0 Å². The summed E-state index contributed by atoms with van der Waals surface area (Å²) < 4.78 is 6.70. The van der Waals surface area contributed by atoms with E-state index in [1.807, 2.05) is 32.2 Å². The van der Waals surface area contributed by atoms with Crippen LogP contribution in [0.5, 0.6) is 0 Å². The highest BCUT2D eigenvalue weighted by molar-refractivity contribution is 6.71. The molecule has 5 N–H and O–H groups in total. The number of ether oxygens (including phenoxy) is 1. The quantitative estimate of drug-likeness (QED) is 0.159. The minimum Gasteiger partial charge on any atom is -0.432 e. The number of nitrogens with zero attached hydrogens (tertiary/aromatic N) is 1. The van der Waals surface area contributed by atoms with Crippen molar-refractivity contribution in [3.63, 3.8) is 0 Å². The molecule has 4 atom stereocenters. The molecule has 1 spiro atoms. The fourth-order valence-electron chi connectivity index (χ4n) is 6.51. The molecule has 2 heterocycles. The summed E-state index contributed by atoms with van der Waals surface area (Å²) in [6, 6.07) is 12.2. The third-order valence-corrected chi connectivity index (χ3v) is 11.0. The van der Waals surface area contributed by atoms with Crippen molar-refractivity contribution in [1.82, 2.24) is 0 Å². The summed E-state index contributed by atoms with van der Waals surface area (Å²) in [5.74, 6) is -0.813. The summed E-state index contributed by atoms with van der Waals surface area (Å²) in [4.78, 5) is 40.6. The number of carbonyl (C=O) groups excluding carboxylic acids is 2. The van der Waals surface area contributed by atoms with Crippen molar-refractivity contribution >= 4 is 37.2 Å². The number of nitrogen functional groups attached to an aromatic ring is 1. The van der Waals surface area contributed by atoms with Crippen LogP contribution in [0.2, 0.25) is 18.6 Å². The van der Waals surface area contributed by atoms with Gasteiger partial charge in [0.05, 0.1) is 11.8 Å². The molecule has 2 aromatic rings. The van der Waals surface area contributed by atoms with Crippen LogP contribution in [0, 0.1) is 5.92 Å². The molecule has 8 nitrogen and oxygen atoms in total. The Morgan fingerprint density at radius 1 is 1.14 bits per heavy atom. The maximum absolute atomic E-state index is 14.5. The van der Waals surface area contributed by atoms with Crippen molar-refractivity contribution in [2.75, 3.05) is 29.1 Å². The largest absolute Gasteiger partial charge is 0.432 e. The lowest BCUT2D eigenvalue weighted by atomic mass is 9.82. The molecule has 9 heteroatoms. The topological polar surface area (TPSA) is 125 Å². The van der Waals surface area contributed by atoms with Gasteiger partial charge in [-0.25, -0.2) is 0 Å². The van der Waals surface area contributed by atoms with Crippen molar-refractivity contribution in [2.45, 2.75) is 77.3 Å². The number of aliphatic hydroxyl groups is 1. The van der Waals surface area contributed by atoms with Crippen LogP contribution in [0.25, 0.3) is 0 Å². The second-order valence-corrected chi connectivity index (χ2v) is 16.4. The van der Waals surface area contributed by atoms with Gasteiger partial charge in [-0.3, -0.25) is 9.59 Å². The van der Waals surface area contributed by atoms with Gasteiger partial charge >= 0.3 is 0 Å². The molecule has 1 saturated heterocycles. The lowest BCUT2D eigenvalue weighted by Crippen LogP contribution is -2.46. The number of hydrogen-bond acceptors (Lipinski definition) is 6. The van der Waals surface area contributed by atoms with Crippen LogP contribution in [-0.4, -0.2) is 49.3 Å². The number of rotatable bonds is 10. The third kappa shape index (κ3) is 6.24. The zero-order valence-electron chi connectivity index (χ0n) is 25.6. The molecule has 0 radical (unpaired) electrons. The summed E-state index contributed by atoms with van der Waals surface area (Å²) in [5, 5.41) is 12.8. The van der Waals surface area contributed by atoms with Gasteiger partial charge in [-0.1, -0.05) is 30.2 Å². The lowest BCUT2D eigenvalue weighted by Gasteiger charge is -2.32. The Morgan fingerprint density at radius 3 is 2.45 bits per heavy atom. The second-order valence-electron chi connectivity index (χ2n) is 12.5. The maximum Gasteiger partial charge on any atom is 0.264 e. The van der Waals surface area contributed by atoms with Crippen LogP contribution in [0.3, 0.4) is 0 Å². The summed E-state index contributed by atoms with van der Waals surface area (Å²) in [6.07, 6.45) is 5.99. The van der Waals surface area contributed by atoms with Gasteiger partial charge in [-0.2, -0.15) is 0 Å². The van der Waals surface area contributed by atoms with Crippen LogP contribution in [0.15, 0.2) is 65.8 Å². The molecule has 2 aliphatic rings. The Kier molecular flexibility index (Phi) is 9.47. The smallest absolute Gasteiger partial charge is 0.264 e. The number of carbonyl (C=O) groups is 2. The predicted octanol–water partition coefficient (Wildman–Crippen LogP) is 5.74. The lowest BCUT2D eigenvalue weighted by molar-refractivity contribution is -0.146. The van der Waals surface area contributed by atoms with Crippen molar-refractivity contribution in [3.05, 3.63) is 76.9 Å². The van der Waals surface area contributed by atoms with Gasteiger partial charge in [-0.05, 0) is 95.6 Å². The first-order chi connectivity index (χ1) is 19.8. The monoisotopic (exact) mass is 591 g/mol. The van der Waals surface area contributed by atoms with E-state index in [2.05, 4.69) is 38.2 Å². The van der Waals surface area contributed by atoms with Gasteiger partial charge in [0.2, 0.25) is 0 Å². The van der Waals surface area contributed by atoms with Gasteiger partial charge in [0.1, 0.15) is 0 Å². The minimum absolute atomic E-state index is 0.107. The van der Waals surface area contributed by atoms with Gasteiger partial charge in [0.15, 0.2) is 13.9 Å². The summed E-state index contributed by atoms with van der Waals surface area (Å²) in [5.41, 5.74) is 9.63. The van der Waals surface area contributed by atoms with Crippen molar-refractivity contribution in [2.24, 2.45) is 5.92 Å². The summed E-state index contributed by atoms with van der Waals surface area (Å²) in [7, 11) is -2.81. The predicted molar refractivity (Wildman–Crippen MR) is 171 cm³/mol. The highest BCUT2D eigenvalue weighted by Gasteiger charge is 2.66. The SMILES string of the molecule is CC(C)=CCC/C(C)=C/CN1C(=O)[C@@]2(O[C@@H](CCO)[C@H]([Si](C)(C)O)[C@H]2C)c2cc(NC(=O)c3ccc(N)cc3)ccc21. The van der Waals surface area contributed by atoms with Crippen molar-refractivity contribution in [3.8, 4) is 0 Å². The number of nitrogens with two attached hydrogens (primary N) is 1. The zero-order chi connectivity index (χ0) is 30.8. The van der Waals surface area contributed by atoms with E-state index in [4.69, 9.17) is 10.5 Å². The van der Waals surface area contributed by atoms with E-state index in [1.165, 1.54) is 11.1 Å². The highest BCUT2D eigenvalue weighted by Crippen LogP contribution is 2.59. The average Bonchev–Trinajstić information content (AvgIpc) is 3.34. The van der Waals surface area contributed by atoms with E-state index in [-0.39, 0.29) is 29.9 Å². The number of aliphatic hydroxyl groups excluding tert-OH is 1. The number of allylic oxidation sites excluding steroid dienone is 3. The molecular weight excluding hydrogens is 546 g/mol. The first-order valence-corrected chi connectivity index (χ1v) is 17.8. The minimum atomic E-state index is -2.81. The number of fused-ring (bicyclic) bond motifs is 2. The maximum atomic E-state index is 14.5. The number of benzene rings is 2. The number of hydrogen-bond donors (Lipinski definition) is 4. The Hall–Kier alpha value is -3.24. The second kappa shape index (κ2) is 12.5. The van der Waals surface area contributed by atoms with Gasteiger partial charge in [-0.15, -0.1) is 0 Å². The highest BCUT2D eigenvalue weighted by atomic mass is 28.4. The van der Waals surface area contributed by atoms with E-state index in [0.29, 0.717) is 35.5 Å². The Morgan fingerprint density at radius 2 is 1.83 bits per heavy atom. The van der Waals surface area contributed by atoms with Crippen molar-refractivity contribution < 1.29 is 24.2 Å². The molecule has 0 aliphatic carbocycles. The van der Waals surface area contributed by atoms with Crippen LogP contribution >= 0.6 is 0 Å². The Bertz CT molecular complexity index is 1380. The Balaban J connectivity index is 1.74. The van der Waals surface area contributed by atoms with E-state index in [0.717, 1.165) is 18.5 Å². The first-order valence-electron chi connectivity index (χ1n) is 14.7. The molecule has 4 rings (SSSR count). The van der Waals surface area contributed by atoms with Gasteiger partial charge in [0.25, 0.3) is 11.8 Å². The molecule has 226 valence electrons. The first kappa shape index (κ1) is 31.7. The summed E-state index contributed by atoms with van der Waals surface area (Å²) >= 11 is 0. The standard InChI is InChI=1S/C33H45N3O5Si/c1-21(2)8-7-9-22(3)16-18-36-28-15-14-26(35-31(38)24-10-12-25(34)13-11-24)20-27(28)33(32(36)39)23(4)30(42(5,6)40)29(41-33)17-19-37/h8,10-16,20,23,29-30,37,40H,7,9,17-19,34H2,1-6H3,(H,35,38)/b22-16+/t23-,29+,30-,33+/m1/s1. The number of nitrogens with one attached hydrogen (secondary N) is 1. The summed E-state index contributed by atoms with van der Waals surface area (Å²) in [6.45, 7) is 12.2. The average molecular weight is 592 g/mol. The van der Waals surface area contributed by atoms with Gasteiger partial charge in [0, 0.05) is 47.1 Å². The molecule has 1 fully saturated rings. The van der Waals surface area contributed by atoms with E-state index in [9.17, 15) is 19.5 Å². The molecule has 0 saturated carbocycles. The molecule has 42 heavy (non-hydrogen) atoms. The molecular formula is C33H45N3O5Si. The van der Waals surface area contributed by atoms with Crippen LogP contribution in [0.1, 0.15) is 62.9 Å². The molecule has 2 aliphatic heterocycles. The number of amides is 2. The fraction of sp³-hybridized carbons (Fsp3) is 0.455. The van der Waals surface area contributed by atoms with Crippen LogP contribution < -0.4 is 16.0 Å². The third-order valence-electron chi connectivity index (χ3n) is 8.54. The van der Waals surface area contributed by atoms with E-state index < -0.39 is 20.0 Å². The van der Waals surface area contributed by atoms with E-state index >= 15 is 0 Å². The number of anilines is 3. The molecule has 2 amide bonds. The van der Waals surface area contributed by atoms with E-state index in [1.54, 1.807) is 35.2 Å².